The van der Waals surface area contributed by atoms with Crippen molar-refractivity contribution in [2.24, 2.45) is 0 Å². The van der Waals surface area contributed by atoms with Crippen LogP contribution < -0.4 is 10.6 Å². The second-order valence-electron chi connectivity index (χ2n) is 5.17. The van der Waals surface area contributed by atoms with E-state index in [1.165, 1.54) is 0 Å². The number of hydrogen-bond acceptors (Lipinski definition) is 5. The van der Waals surface area contributed by atoms with Crippen LogP contribution in [0, 0.1) is 0 Å². The van der Waals surface area contributed by atoms with Gasteiger partial charge in [0.2, 0.25) is 0 Å². The number of aromatic nitrogens is 3. The summed E-state index contributed by atoms with van der Waals surface area (Å²) in [7, 11) is 0. The average molecular weight is 305 g/mol. The Morgan fingerprint density at radius 3 is 3.29 bits per heavy atom. The van der Waals surface area contributed by atoms with Gasteiger partial charge in [-0.05, 0) is 25.5 Å². The highest BCUT2D eigenvalue weighted by Gasteiger charge is 2.17. The second-order valence-corrected chi connectivity index (χ2v) is 5.89. The van der Waals surface area contributed by atoms with E-state index < -0.39 is 0 Å². The first-order chi connectivity index (χ1) is 10.3. The maximum absolute atomic E-state index is 12.0. The van der Waals surface area contributed by atoms with Gasteiger partial charge >= 0.3 is 0 Å². The number of rotatable bonds is 5. The molecule has 6 nitrogen and oxygen atoms in total. The number of piperidine rings is 1. The van der Waals surface area contributed by atoms with Crippen LogP contribution >= 0.6 is 11.3 Å². The maximum Gasteiger partial charge on any atom is 0.271 e. The summed E-state index contributed by atoms with van der Waals surface area (Å²) in [6, 6.07) is 2.14. The van der Waals surface area contributed by atoms with E-state index in [-0.39, 0.29) is 5.91 Å². The fraction of sp³-hybridized carbons (Fsp3) is 0.500. The van der Waals surface area contributed by atoms with Gasteiger partial charge in [-0.1, -0.05) is 0 Å². The molecule has 1 amide bonds. The van der Waals surface area contributed by atoms with Gasteiger partial charge in [-0.2, -0.15) is 5.10 Å². The third-order valence-corrected chi connectivity index (χ3v) is 4.27. The number of amides is 1. The van der Waals surface area contributed by atoms with E-state index in [2.05, 4.69) is 20.7 Å². The monoisotopic (exact) mass is 305 g/mol. The molecule has 112 valence electrons. The molecule has 1 fully saturated rings. The lowest BCUT2D eigenvalue weighted by Gasteiger charge is -2.22. The highest BCUT2D eigenvalue weighted by atomic mass is 32.1. The predicted molar refractivity (Wildman–Crippen MR) is 81.5 cm³/mol. The molecule has 0 spiro atoms. The van der Waals surface area contributed by atoms with E-state index in [0.29, 0.717) is 18.3 Å². The molecule has 2 aromatic rings. The Kier molecular flexibility index (Phi) is 4.62. The average Bonchev–Trinajstić information content (AvgIpc) is 3.20. The van der Waals surface area contributed by atoms with E-state index in [0.717, 1.165) is 38.0 Å². The van der Waals surface area contributed by atoms with Crippen molar-refractivity contribution in [3.05, 3.63) is 34.5 Å². The van der Waals surface area contributed by atoms with Crippen molar-refractivity contribution in [3.63, 3.8) is 0 Å². The summed E-state index contributed by atoms with van der Waals surface area (Å²) < 4.78 is 1.90. The van der Waals surface area contributed by atoms with Crippen LogP contribution in [0.1, 0.15) is 35.1 Å². The van der Waals surface area contributed by atoms with Crippen molar-refractivity contribution in [1.82, 2.24) is 25.4 Å². The van der Waals surface area contributed by atoms with Gasteiger partial charge in [0.15, 0.2) is 0 Å². The standard InChI is InChI=1S/C14H19N5OS/c20-14(16-6-3-11-9-21-10-17-11)13-4-7-19(18-13)12-2-1-5-15-8-12/h4,7,9-10,12,15H,1-3,5-6,8H2,(H,16,20). The van der Waals surface area contributed by atoms with Crippen LogP contribution in [-0.2, 0) is 6.42 Å². The largest absolute Gasteiger partial charge is 0.350 e. The number of nitrogens with zero attached hydrogens (tertiary/aromatic N) is 3. The molecule has 1 aliphatic heterocycles. The van der Waals surface area contributed by atoms with Crippen molar-refractivity contribution in [3.8, 4) is 0 Å². The molecule has 3 heterocycles. The first-order valence-electron chi connectivity index (χ1n) is 7.24. The molecule has 7 heteroatoms. The molecular weight excluding hydrogens is 286 g/mol. The third kappa shape index (κ3) is 3.68. The highest BCUT2D eigenvalue weighted by Crippen LogP contribution is 2.15. The number of carbonyl (C=O) groups excluding carboxylic acids is 1. The predicted octanol–water partition coefficient (Wildman–Crippen LogP) is 1.24. The van der Waals surface area contributed by atoms with Crippen LogP contribution in [0.3, 0.4) is 0 Å². The Balaban J connectivity index is 1.51. The van der Waals surface area contributed by atoms with Gasteiger partial charge < -0.3 is 10.6 Å². The lowest BCUT2D eigenvalue weighted by atomic mass is 10.1. The summed E-state index contributed by atoms with van der Waals surface area (Å²) in [5.41, 5.74) is 3.30. The zero-order chi connectivity index (χ0) is 14.5. The van der Waals surface area contributed by atoms with Gasteiger partial charge in [-0.25, -0.2) is 4.98 Å². The first-order valence-corrected chi connectivity index (χ1v) is 8.18. The van der Waals surface area contributed by atoms with Gasteiger partial charge in [0.05, 0.1) is 17.2 Å². The summed E-state index contributed by atoms with van der Waals surface area (Å²) in [6.07, 6.45) is 4.91. The van der Waals surface area contributed by atoms with Crippen LogP contribution in [-0.4, -0.2) is 40.3 Å². The topological polar surface area (TPSA) is 71.8 Å². The third-order valence-electron chi connectivity index (χ3n) is 3.64. The lowest BCUT2D eigenvalue weighted by molar-refractivity contribution is 0.0947. The quantitative estimate of drug-likeness (QED) is 0.872. The fourth-order valence-electron chi connectivity index (χ4n) is 2.48. The smallest absolute Gasteiger partial charge is 0.271 e. The maximum atomic E-state index is 12.0. The van der Waals surface area contributed by atoms with Crippen molar-refractivity contribution in [2.45, 2.75) is 25.3 Å². The fourth-order valence-corrected chi connectivity index (χ4v) is 3.07. The molecular formula is C14H19N5OS. The summed E-state index contributed by atoms with van der Waals surface area (Å²) in [6.45, 7) is 2.58. The molecule has 21 heavy (non-hydrogen) atoms. The Bertz CT molecular complexity index is 574. The van der Waals surface area contributed by atoms with E-state index in [1.54, 1.807) is 22.9 Å². The minimum atomic E-state index is -0.118. The molecule has 2 aromatic heterocycles. The molecule has 0 bridgehead atoms. The number of carbonyl (C=O) groups is 1. The molecule has 0 saturated carbocycles. The Labute approximate surface area is 127 Å². The Morgan fingerprint density at radius 1 is 1.57 bits per heavy atom. The highest BCUT2D eigenvalue weighted by molar-refractivity contribution is 7.07. The minimum Gasteiger partial charge on any atom is -0.350 e. The van der Waals surface area contributed by atoms with Gasteiger partial charge in [0.1, 0.15) is 5.69 Å². The van der Waals surface area contributed by atoms with Crippen molar-refractivity contribution >= 4 is 17.2 Å². The second kappa shape index (κ2) is 6.82. The van der Waals surface area contributed by atoms with Crippen LogP contribution in [0.15, 0.2) is 23.2 Å². The van der Waals surface area contributed by atoms with E-state index in [4.69, 9.17) is 0 Å². The molecule has 1 atom stereocenters. The van der Waals surface area contributed by atoms with Crippen LogP contribution in [0.4, 0.5) is 0 Å². The SMILES string of the molecule is O=C(NCCc1cscn1)c1ccn(C2CCCNC2)n1. The molecule has 0 radical (unpaired) electrons. The summed E-state index contributed by atoms with van der Waals surface area (Å²) in [5.74, 6) is -0.118. The zero-order valence-electron chi connectivity index (χ0n) is 11.8. The normalized spacial score (nSPS) is 18.6. The van der Waals surface area contributed by atoms with Crippen LogP contribution in [0.5, 0.6) is 0 Å². The van der Waals surface area contributed by atoms with Crippen LogP contribution in [0.25, 0.3) is 0 Å². The Morgan fingerprint density at radius 2 is 2.52 bits per heavy atom. The minimum absolute atomic E-state index is 0.118. The van der Waals surface area contributed by atoms with Crippen molar-refractivity contribution in [2.75, 3.05) is 19.6 Å². The van der Waals surface area contributed by atoms with Gasteiger partial charge in [-0.3, -0.25) is 9.48 Å². The Hall–Kier alpha value is -1.73. The molecule has 1 aliphatic rings. The van der Waals surface area contributed by atoms with E-state index in [1.807, 2.05) is 16.3 Å². The molecule has 1 saturated heterocycles. The molecule has 0 aliphatic carbocycles. The number of hydrogen-bond donors (Lipinski definition) is 2. The van der Waals surface area contributed by atoms with Gasteiger partial charge in [0.25, 0.3) is 5.91 Å². The zero-order valence-corrected chi connectivity index (χ0v) is 12.6. The van der Waals surface area contributed by atoms with Gasteiger partial charge in [0, 0.05) is 31.1 Å². The summed E-state index contributed by atoms with van der Waals surface area (Å²) in [5, 5.41) is 12.6. The summed E-state index contributed by atoms with van der Waals surface area (Å²) in [4.78, 5) is 16.2. The van der Waals surface area contributed by atoms with Crippen molar-refractivity contribution in [1.29, 1.82) is 0 Å². The van der Waals surface area contributed by atoms with Gasteiger partial charge in [-0.15, -0.1) is 11.3 Å². The molecule has 0 aromatic carbocycles. The van der Waals surface area contributed by atoms with Crippen LogP contribution in [0.2, 0.25) is 0 Å². The molecule has 3 rings (SSSR count). The van der Waals surface area contributed by atoms with E-state index >= 15 is 0 Å². The number of nitrogens with one attached hydrogen (secondary N) is 2. The first kappa shape index (κ1) is 14.2. The van der Waals surface area contributed by atoms with E-state index in [9.17, 15) is 4.79 Å². The number of thiazole rings is 1. The van der Waals surface area contributed by atoms with Crippen molar-refractivity contribution < 1.29 is 4.79 Å². The summed E-state index contributed by atoms with van der Waals surface area (Å²) >= 11 is 1.57. The molecule has 2 N–H and O–H groups in total. The molecule has 1 unspecified atom stereocenters. The lowest BCUT2D eigenvalue weighted by Crippen LogP contribution is -2.32.